The van der Waals surface area contributed by atoms with Gasteiger partial charge in [-0.05, 0) is 40.0 Å². The van der Waals surface area contributed by atoms with Crippen molar-refractivity contribution in [2.75, 3.05) is 5.32 Å². The fraction of sp³-hybridized carbons (Fsp3) is 0.562. The van der Waals surface area contributed by atoms with Crippen molar-refractivity contribution < 1.29 is 5.11 Å². The fourth-order valence-corrected chi connectivity index (χ4v) is 2.92. The lowest BCUT2D eigenvalue weighted by Crippen LogP contribution is -2.25. The standard InChI is InChI=1S/C16H23N5O/c1-16(2,3)21-15(19-14-10-17-6-7-18-14)9-13(20-21)11-4-5-12(22)8-11/h6-7,9-12,22H,4-5,8H2,1-3H3,(H,18,19)/t11-,12+/m0/s1. The summed E-state index contributed by atoms with van der Waals surface area (Å²) in [4.78, 5) is 8.34. The first-order valence-electron chi connectivity index (χ1n) is 7.75. The molecule has 0 spiro atoms. The maximum Gasteiger partial charge on any atom is 0.150 e. The predicted molar refractivity (Wildman–Crippen MR) is 85.1 cm³/mol. The average Bonchev–Trinajstić information content (AvgIpc) is 3.06. The monoisotopic (exact) mass is 301 g/mol. The molecule has 2 aromatic rings. The van der Waals surface area contributed by atoms with E-state index in [0.29, 0.717) is 11.7 Å². The highest BCUT2D eigenvalue weighted by molar-refractivity contribution is 5.52. The molecule has 2 atom stereocenters. The van der Waals surface area contributed by atoms with Crippen LogP contribution in [0.25, 0.3) is 0 Å². The molecule has 0 aromatic carbocycles. The molecule has 0 amide bonds. The number of aliphatic hydroxyl groups excluding tert-OH is 1. The van der Waals surface area contributed by atoms with Crippen molar-refractivity contribution in [2.45, 2.75) is 57.6 Å². The highest BCUT2D eigenvalue weighted by atomic mass is 16.3. The number of nitrogens with one attached hydrogen (secondary N) is 1. The lowest BCUT2D eigenvalue weighted by atomic mass is 10.0. The molecule has 1 aliphatic carbocycles. The number of aliphatic hydroxyl groups is 1. The molecule has 6 nitrogen and oxygen atoms in total. The molecule has 3 rings (SSSR count). The van der Waals surface area contributed by atoms with Gasteiger partial charge in [0.1, 0.15) is 11.6 Å². The topological polar surface area (TPSA) is 75.9 Å². The van der Waals surface area contributed by atoms with E-state index in [1.807, 2.05) is 4.68 Å². The molecule has 1 fully saturated rings. The Bertz CT molecular complexity index is 632. The van der Waals surface area contributed by atoms with Crippen LogP contribution < -0.4 is 5.32 Å². The molecule has 0 saturated heterocycles. The van der Waals surface area contributed by atoms with E-state index < -0.39 is 0 Å². The van der Waals surface area contributed by atoms with Crippen molar-refractivity contribution in [3.05, 3.63) is 30.4 Å². The van der Waals surface area contributed by atoms with Gasteiger partial charge in [0, 0.05) is 24.4 Å². The summed E-state index contributed by atoms with van der Waals surface area (Å²) in [5.74, 6) is 1.94. The van der Waals surface area contributed by atoms with Gasteiger partial charge in [-0.25, -0.2) is 9.67 Å². The summed E-state index contributed by atoms with van der Waals surface area (Å²) in [6.45, 7) is 6.36. The average molecular weight is 301 g/mol. The second-order valence-electron chi connectivity index (χ2n) is 6.92. The molecule has 0 unspecified atom stereocenters. The van der Waals surface area contributed by atoms with Gasteiger partial charge in [-0.3, -0.25) is 4.98 Å². The number of rotatable bonds is 3. The van der Waals surface area contributed by atoms with Crippen LogP contribution in [0.4, 0.5) is 11.6 Å². The van der Waals surface area contributed by atoms with Crippen molar-refractivity contribution in [2.24, 2.45) is 0 Å². The number of hydrogen-bond acceptors (Lipinski definition) is 5. The Labute approximate surface area is 130 Å². The summed E-state index contributed by atoms with van der Waals surface area (Å²) in [5.41, 5.74) is 0.901. The van der Waals surface area contributed by atoms with E-state index in [4.69, 9.17) is 5.10 Å². The van der Waals surface area contributed by atoms with E-state index in [9.17, 15) is 5.11 Å². The van der Waals surface area contributed by atoms with Crippen molar-refractivity contribution in [1.29, 1.82) is 0 Å². The summed E-state index contributed by atoms with van der Waals surface area (Å²) in [5, 5.41) is 17.9. The molecule has 2 heterocycles. The van der Waals surface area contributed by atoms with Crippen molar-refractivity contribution in [3.8, 4) is 0 Å². The molecule has 118 valence electrons. The summed E-state index contributed by atoms with van der Waals surface area (Å²) in [6.07, 6.45) is 7.46. The summed E-state index contributed by atoms with van der Waals surface area (Å²) in [7, 11) is 0. The second kappa shape index (κ2) is 5.68. The van der Waals surface area contributed by atoms with Crippen molar-refractivity contribution in [3.63, 3.8) is 0 Å². The first kappa shape index (κ1) is 15.0. The molecule has 0 aliphatic heterocycles. The van der Waals surface area contributed by atoms with E-state index >= 15 is 0 Å². The van der Waals surface area contributed by atoms with E-state index in [2.05, 4.69) is 42.1 Å². The molecule has 2 N–H and O–H groups in total. The highest BCUT2D eigenvalue weighted by Crippen LogP contribution is 2.36. The Morgan fingerprint density at radius 1 is 1.27 bits per heavy atom. The first-order valence-corrected chi connectivity index (χ1v) is 7.75. The Hall–Kier alpha value is -1.95. The maximum atomic E-state index is 9.76. The number of nitrogens with zero attached hydrogens (tertiary/aromatic N) is 4. The molecule has 0 bridgehead atoms. The van der Waals surface area contributed by atoms with Gasteiger partial charge >= 0.3 is 0 Å². The molecule has 1 aliphatic rings. The van der Waals surface area contributed by atoms with Crippen molar-refractivity contribution >= 4 is 11.6 Å². The minimum atomic E-state index is -0.193. The number of hydrogen-bond donors (Lipinski definition) is 2. The summed E-state index contributed by atoms with van der Waals surface area (Å²) < 4.78 is 1.99. The number of aromatic nitrogens is 4. The van der Waals surface area contributed by atoms with Crippen LogP contribution in [0.5, 0.6) is 0 Å². The quantitative estimate of drug-likeness (QED) is 0.911. The van der Waals surface area contributed by atoms with Gasteiger partial charge in [-0.15, -0.1) is 0 Å². The normalized spacial score (nSPS) is 22.0. The van der Waals surface area contributed by atoms with Crippen LogP contribution >= 0.6 is 0 Å². The van der Waals surface area contributed by atoms with E-state index in [1.165, 1.54) is 0 Å². The second-order valence-corrected chi connectivity index (χ2v) is 6.92. The smallest absolute Gasteiger partial charge is 0.150 e. The van der Waals surface area contributed by atoms with Crippen molar-refractivity contribution in [1.82, 2.24) is 19.7 Å². The van der Waals surface area contributed by atoms with Crippen LogP contribution in [0.3, 0.4) is 0 Å². The minimum absolute atomic E-state index is 0.139. The van der Waals surface area contributed by atoms with Gasteiger partial charge in [-0.1, -0.05) is 0 Å². The van der Waals surface area contributed by atoms with E-state index in [-0.39, 0.29) is 11.6 Å². The third-order valence-corrected chi connectivity index (χ3v) is 4.01. The fourth-order valence-electron chi connectivity index (χ4n) is 2.92. The van der Waals surface area contributed by atoms with Crippen LogP contribution in [-0.4, -0.2) is 31.0 Å². The van der Waals surface area contributed by atoms with Gasteiger partial charge in [-0.2, -0.15) is 5.10 Å². The Balaban J connectivity index is 1.92. The molecular formula is C16H23N5O. The first-order chi connectivity index (χ1) is 10.4. The molecular weight excluding hydrogens is 278 g/mol. The zero-order chi connectivity index (χ0) is 15.7. The lowest BCUT2D eigenvalue weighted by Gasteiger charge is -2.22. The molecule has 0 radical (unpaired) electrons. The van der Waals surface area contributed by atoms with Gasteiger partial charge in [0.05, 0.1) is 23.5 Å². The SMILES string of the molecule is CC(C)(C)n1nc([C@H]2CC[C@@H](O)C2)cc1Nc1cnccn1. The largest absolute Gasteiger partial charge is 0.393 e. The maximum absolute atomic E-state index is 9.76. The molecule has 6 heteroatoms. The van der Waals surface area contributed by atoms with E-state index in [1.54, 1.807) is 18.6 Å². The van der Waals surface area contributed by atoms with Crippen LogP contribution in [0, 0.1) is 0 Å². The van der Waals surface area contributed by atoms with Crippen LogP contribution in [0.1, 0.15) is 51.6 Å². The van der Waals surface area contributed by atoms with Crippen LogP contribution in [0.2, 0.25) is 0 Å². The van der Waals surface area contributed by atoms with Gasteiger partial charge < -0.3 is 10.4 Å². The molecule has 1 saturated carbocycles. The minimum Gasteiger partial charge on any atom is -0.393 e. The molecule has 22 heavy (non-hydrogen) atoms. The third-order valence-electron chi connectivity index (χ3n) is 4.01. The van der Waals surface area contributed by atoms with Gasteiger partial charge in [0.15, 0.2) is 0 Å². The summed E-state index contributed by atoms with van der Waals surface area (Å²) in [6, 6.07) is 2.07. The van der Waals surface area contributed by atoms with Gasteiger partial charge in [0.25, 0.3) is 0 Å². The zero-order valence-electron chi connectivity index (χ0n) is 13.3. The van der Waals surface area contributed by atoms with E-state index in [0.717, 1.165) is 30.8 Å². The predicted octanol–water partition coefficient (Wildman–Crippen LogP) is 2.80. The Morgan fingerprint density at radius 2 is 2.09 bits per heavy atom. The Kier molecular flexibility index (Phi) is 3.87. The highest BCUT2D eigenvalue weighted by Gasteiger charge is 2.29. The van der Waals surface area contributed by atoms with Crippen LogP contribution in [-0.2, 0) is 5.54 Å². The molecule has 2 aromatic heterocycles. The number of anilines is 2. The van der Waals surface area contributed by atoms with Crippen LogP contribution in [0.15, 0.2) is 24.7 Å². The van der Waals surface area contributed by atoms with Gasteiger partial charge in [0.2, 0.25) is 0 Å². The Morgan fingerprint density at radius 3 is 2.68 bits per heavy atom. The zero-order valence-corrected chi connectivity index (χ0v) is 13.3. The lowest BCUT2D eigenvalue weighted by molar-refractivity contribution is 0.181. The third kappa shape index (κ3) is 3.11. The summed E-state index contributed by atoms with van der Waals surface area (Å²) >= 11 is 0.